The number of hydrogen-bond donors (Lipinski definition) is 1. The predicted octanol–water partition coefficient (Wildman–Crippen LogP) is 3.07. The van der Waals surface area contributed by atoms with Gasteiger partial charge in [-0.05, 0) is 54.3 Å². The van der Waals surface area contributed by atoms with Crippen LogP contribution in [0.4, 0.5) is 4.39 Å². The Kier molecular flexibility index (Phi) is 4.08. The van der Waals surface area contributed by atoms with Crippen molar-refractivity contribution in [1.82, 2.24) is 4.90 Å². The molecule has 0 bridgehead atoms. The molecule has 2 aromatic carbocycles. The van der Waals surface area contributed by atoms with Gasteiger partial charge >= 0.3 is 0 Å². The van der Waals surface area contributed by atoms with E-state index in [4.69, 9.17) is 26.8 Å². The molecule has 3 heterocycles. The summed E-state index contributed by atoms with van der Waals surface area (Å²) in [6.07, 6.45) is 0.735. The number of amides is 1. The van der Waals surface area contributed by atoms with Gasteiger partial charge in [-0.3, -0.25) is 9.69 Å². The zero-order valence-corrected chi connectivity index (χ0v) is 16.4. The lowest BCUT2D eigenvalue weighted by Gasteiger charge is -2.45. The quantitative estimate of drug-likeness (QED) is 0.776. The van der Waals surface area contributed by atoms with Crippen molar-refractivity contribution >= 4 is 23.5 Å². The van der Waals surface area contributed by atoms with Gasteiger partial charge in [0.1, 0.15) is 23.8 Å². The van der Waals surface area contributed by atoms with Gasteiger partial charge in [-0.1, -0.05) is 17.7 Å². The Morgan fingerprint density at radius 3 is 2.83 bits per heavy atom. The number of benzene rings is 2. The first-order chi connectivity index (χ1) is 13.9. The van der Waals surface area contributed by atoms with Gasteiger partial charge in [-0.25, -0.2) is 9.38 Å². The molecule has 0 aromatic heterocycles. The molecule has 3 aliphatic rings. The van der Waals surface area contributed by atoms with Gasteiger partial charge in [0.15, 0.2) is 5.96 Å². The summed E-state index contributed by atoms with van der Waals surface area (Å²) < 4.78 is 26.1. The minimum Gasteiger partial charge on any atom is -0.487 e. The molecular formula is C21H19ClFN3O3. The molecule has 0 radical (unpaired) electrons. The summed E-state index contributed by atoms with van der Waals surface area (Å²) in [5, 5.41) is 0.290. The molecule has 0 aliphatic carbocycles. The molecular weight excluding hydrogens is 397 g/mol. The molecule has 1 spiro atoms. The van der Waals surface area contributed by atoms with E-state index in [9.17, 15) is 9.18 Å². The van der Waals surface area contributed by atoms with Crippen LogP contribution in [0.5, 0.6) is 5.75 Å². The smallest absolute Gasteiger partial charge is 0.264 e. The topological polar surface area (TPSA) is 77.2 Å². The first-order valence-corrected chi connectivity index (χ1v) is 9.80. The molecule has 5 rings (SSSR count). The number of nitrogens with zero attached hydrogens (tertiary/aromatic N) is 2. The van der Waals surface area contributed by atoms with Gasteiger partial charge in [0.2, 0.25) is 5.54 Å². The van der Waals surface area contributed by atoms with Gasteiger partial charge < -0.3 is 15.2 Å². The molecule has 29 heavy (non-hydrogen) atoms. The van der Waals surface area contributed by atoms with Gasteiger partial charge in [-0.2, -0.15) is 0 Å². The minimum absolute atomic E-state index is 0.134. The fraction of sp³-hybridized carbons (Fsp3) is 0.333. The lowest BCUT2D eigenvalue weighted by Crippen LogP contribution is -2.58. The van der Waals surface area contributed by atoms with Crippen LogP contribution in [-0.2, 0) is 15.1 Å². The highest BCUT2D eigenvalue weighted by atomic mass is 35.5. The second kappa shape index (κ2) is 6.43. The molecule has 150 valence electrons. The Labute approximate surface area is 172 Å². The van der Waals surface area contributed by atoms with Crippen LogP contribution in [0, 0.1) is 5.82 Å². The third-order valence-electron chi connectivity index (χ3n) is 5.81. The van der Waals surface area contributed by atoms with Crippen LogP contribution in [0.2, 0.25) is 5.02 Å². The van der Waals surface area contributed by atoms with E-state index < -0.39 is 17.5 Å². The Hall–Kier alpha value is -2.64. The van der Waals surface area contributed by atoms with Crippen LogP contribution in [0.3, 0.4) is 0 Å². The maximum absolute atomic E-state index is 13.9. The van der Waals surface area contributed by atoms with Crippen molar-refractivity contribution in [3.05, 3.63) is 52.8 Å². The van der Waals surface area contributed by atoms with Gasteiger partial charge in [0.05, 0.1) is 0 Å². The maximum Gasteiger partial charge on any atom is 0.264 e. The van der Waals surface area contributed by atoms with E-state index in [1.807, 2.05) is 6.07 Å². The van der Waals surface area contributed by atoms with Crippen molar-refractivity contribution in [3.8, 4) is 16.9 Å². The van der Waals surface area contributed by atoms with Crippen LogP contribution < -0.4 is 10.5 Å². The Balaban J connectivity index is 1.73. The van der Waals surface area contributed by atoms with E-state index in [1.165, 1.54) is 17.0 Å². The second-order valence-electron chi connectivity index (χ2n) is 7.56. The van der Waals surface area contributed by atoms with Gasteiger partial charge in [0, 0.05) is 24.2 Å². The SMILES string of the molecule is CN1C(=O)[C@]2(N=C1N)c1cc(-c3cc(F)cc(Cl)c3)ccc1OC1CCCO[C@@H]12. The van der Waals surface area contributed by atoms with E-state index in [0.29, 0.717) is 34.1 Å². The number of aliphatic imine (C=N–C) groups is 1. The molecule has 8 heteroatoms. The van der Waals surface area contributed by atoms with E-state index in [-0.39, 0.29) is 18.0 Å². The van der Waals surface area contributed by atoms with E-state index in [0.717, 1.165) is 12.8 Å². The van der Waals surface area contributed by atoms with Crippen LogP contribution >= 0.6 is 11.6 Å². The molecule has 1 fully saturated rings. The predicted molar refractivity (Wildman–Crippen MR) is 106 cm³/mol. The highest BCUT2D eigenvalue weighted by Gasteiger charge is 2.61. The van der Waals surface area contributed by atoms with Crippen molar-refractivity contribution < 1.29 is 18.7 Å². The molecule has 0 saturated carbocycles. The average molecular weight is 416 g/mol. The van der Waals surface area contributed by atoms with Crippen LogP contribution in [0.1, 0.15) is 18.4 Å². The van der Waals surface area contributed by atoms with Crippen molar-refractivity contribution in [3.63, 3.8) is 0 Å². The van der Waals surface area contributed by atoms with Gasteiger partial charge in [-0.15, -0.1) is 0 Å². The molecule has 2 aromatic rings. The molecule has 3 aliphatic heterocycles. The minimum atomic E-state index is -1.31. The first kappa shape index (κ1) is 18.4. The molecule has 3 atom stereocenters. The highest BCUT2D eigenvalue weighted by molar-refractivity contribution is 6.30. The second-order valence-corrected chi connectivity index (χ2v) is 8.00. The Morgan fingerprint density at radius 2 is 2.10 bits per heavy atom. The zero-order valence-electron chi connectivity index (χ0n) is 15.7. The zero-order chi connectivity index (χ0) is 20.3. The summed E-state index contributed by atoms with van der Waals surface area (Å²) in [5.74, 6) is -0.00476. The fourth-order valence-corrected chi connectivity index (χ4v) is 4.66. The molecule has 1 unspecified atom stereocenters. The molecule has 2 N–H and O–H groups in total. The number of halogens is 2. The summed E-state index contributed by atoms with van der Waals surface area (Å²) in [7, 11) is 1.60. The van der Waals surface area contributed by atoms with E-state index in [2.05, 4.69) is 4.99 Å². The monoisotopic (exact) mass is 415 g/mol. The van der Waals surface area contributed by atoms with Crippen molar-refractivity contribution in [2.45, 2.75) is 30.6 Å². The number of hydrogen-bond acceptors (Lipinski definition) is 5. The summed E-state index contributed by atoms with van der Waals surface area (Å²) >= 11 is 6.03. The largest absolute Gasteiger partial charge is 0.487 e. The third kappa shape index (κ3) is 2.64. The summed E-state index contributed by atoms with van der Waals surface area (Å²) in [5.41, 5.74) is 6.57. The number of nitrogens with two attached hydrogens (primary N) is 1. The average Bonchev–Trinajstić information content (AvgIpc) is 2.92. The number of carbonyl (C=O) groups excluding carboxylic acids is 1. The highest BCUT2D eigenvalue weighted by Crippen LogP contribution is 2.50. The van der Waals surface area contributed by atoms with Crippen LogP contribution in [0.15, 0.2) is 41.4 Å². The number of fused-ring (bicyclic) bond motifs is 4. The third-order valence-corrected chi connectivity index (χ3v) is 6.03. The van der Waals surface area contributed by atoms with E-state index >= 15 is 0 Å². The molecule has 1 amide bonds. The van der Waals surface area contributed by atoms with Gasteiger partial charge in [0.25, 0.3) is 5.91 Å². The normalized spacial score (nSPS) is 28.0. The Bertz CT molecular complexity index is 1040. The Morgan fingerprint density at radius 1 is 1.28 bits per heavy atom. The lowest BCUT2D eigenvalue weighted by molar-refractivity contribution is -0.151. The van der Waals surface area contributed by atoms with E-state index in [1.54, 1.807) is 25.2 Å². The lowest BCUT2D eigenvalue weighted by atomic mass is 9.76. The first-order valence-electron chi connectivity index (χ1n) is 9.43. The summed E-state index contributed by atoms with van der Waals surface area (Å²) in [6.45, 7) is 0.521. The summed E-state index contributed by atoms with van der Waals surface area (Å²) in [4.78, 5) is 19.3. The number of rotatable bonds is 1. The summed E-state index contributed by atoms with van der Waals surface area (Å²) in [6, 6.07) is 9.70. The fourth-order valence-electron chi connectivity index (χ4n) is 4.43. The van der Waals surface area contributed by atoms with Crippen LogP contribution in [-0.4, -0.2) is 42.6 Å². The van der Waals surface area contributed by atoms with Crippen molar-refractivity contribution in [2.75, 3.05) is 13.7 Å². The molecule has 6 nitrogen and oxygen atoms in total. The number of ether oxygens (including phenoxy) is 2. The van der Waals surface area contributed by atoms with Crippen molar-refractivity contribution in [1.29, 1.82) is 0 Å². The standard InChI is InChI=1S/C21H19ClFN3O3/c1-26-19(27)21(25-20(26)24)15-9-11(12-7-13(22)10-14(23)8-12)4-5-16(15)29-17-3-2-6-28-18(17)21/h4-5,7-10,17-18H,2-3,6H2,1H3,(H2,24,25)/t17?,18-,21-/m0/s1. The molecule has 1 saturated heterocycles. The van der Waals surface area contributed by atoms with Crippen LogP contribution in [0.25, 0.3) is 11.1 Å². The number of guanidine groups is 1. The number of likely N-dealkylation sites (N-methyl/N-ethyl adjacent to an activating group) is 1. The maximum atomic E-state index is 13.9. The van der Waals surface area contributed by atoms with Crippen molar-refractivity contribution in [2.24, 2.45) is 10.7 Å². The number of carbonyl (C=O) groups is 1.